The molecule has 0 N–H and O–H groups in total. The summed E-state index contributed by atoms with van der Waals surface area (Å²) in [4.78, 5) is 2.43. The zero-order valence-corrected chi connectivity index (χ0v) is 13.3. The van der Waals surface area contributed by atoms with Crippen LogP contribution in [0.25, 0.3) is 21.5 Å². The number of nitrogens with zero attached hydrogens (tertiary/aromatic N) is 3. The summed E-state index contributed by atoms with van der Waals surface area (Å²) >= 11 is 0. The largest absolute Gasteiger partial charge is 0.295 e. The SMILES string of the molecule is c1ccc2c3c(ccc2c1)C1=NN2c4ccc5ccccc5c4N1C32. The second-order valence-electron chi connectivity index (χ2n) is 6.91. The van der Waals surface area contributed by atoms with Gasteiger partial charge in [0, 0.05) is 16.5 Å². The smallest absolute Gasteiger partial charge is 0.163 e. The van der Waals surface area contributed by atoms with Crippen LogP contribution in [0.2, 0.25) is 0 Å². The maximum Gasteiger partial charge on any atom is 0.163 e. The predicted molar refractivity (Wildman–Crippen MR) is 102 cm³/mol. The molecule has 4 aromatic rings. The maximum absolute atomic E-state index is 4.90. The Bertz CT molecular complexity index is 1270. The van der Waals surface area contributed by atoms with Crippen molar-refractivity contribution in [1.29, 1.82) is 0 Å². The monoisotopic (exact) mass is 319 g/mol. The first-order valence-electron chi connectivity index (χ1n) is 8.63. The van der Waals surface area contributed by atoms with E-state index >= 15 is 0 Å². The standard InChI is InChI=1S/C22H13N3/c1-3-7-15-13(5-1)9-11-17-19(15)22-24-20-16-8-4-2-6-14(16)10-12-18(20)25(22)23-21(17)24/h1-12,22H. The summed E-state index contributed by atoms with van der Waals surface area (Å²) in [6.07, 6.45) is 0.164. The quantitative estimate of drug-likeness (QED) is 0.454. The minimum Gasteiger partial charge on any atom is -0.295 e. The van der Waals surface area contributed by atoms with Crippen LogP contribution in [-0.2, 0) is 0 Å². The first-order valence-corrected chi connectivity index (χ1v) is 8.63. The van der Waals surface area contributed by atoms with E-state index in [0.717, 1.165) is 5.84 Å². The topological polar surface area (TPSA) is 18.8 Å². The minimum atomic E-state index is 0.164. The second kappa shape index (κ2) is 3.83. The molecule has 0 fully saturated rings. The van der Waals surface area contributed by atoms with Crippen LogP contribution in [0, 0.1) is 0 Å². The highest BCUT2D eigenvalue weighted by molar-refractivity contribution is 6.26. The normalized spacial score (nSPS) is 18.9. The highest BCUT2D eigenvalue weighted by Gasteiger charge is 2.53. The summed E-state index contributed by atoms with van der Waals surface area (Å²) in [7, 11) is 0. The Morgan fingerprint density at radius 3 is 2.32 bits per heavy atom. The Balaban J connectivity index is 1.58. The minimum absolute atomic E-state index is 0.164. The highest BCUT2D eigenvalue weighted by atomic mass is 15.7. The summed E-state index contributed by atoms with van der Waals surface area (Å²) in [6.45, 7) is 0. The van der Waals surface area contributed by atoms with Crippen molar-refractivity contribution >= 4 is 38.8 Å². The summed E-state index contributed by atoms with van der Waals surface area (Å²) in [5.41, 5.74) is 5.18. The molecule has 0 saturated carbocycles. The van der Waals surface area contributed by atoms with Gasteiger partial charge in [-0.3, -0.25) is 4.90 Å². The lowest BCUT2D eigenvalue weighted by Crippen LogP contribution is -2.22. The van der Waals surface area contributed by atoms with E-state index in [4.69, 9.17) is 5.10 Å². The maximum atomic E-state index is 4.90. The molecule has 0 aromatic heterocycles. The fraction of sp³-hybridized carbons (Fsp3) is 0.0455. The number of benzene rings is 4. The van der Waals surface area contributed by atoms with Crippen LogP contribution in [0.3, 0.4) is 0 Å². The summed E-state index contributed by atoms with van der Waals surface area (Å²) in [5, 5.41) is 12.3. The van der Waals surface area contributed by atoms with E-state index in [1.54, 1.807) is 0 Å². The van der Waals surface area contributed by atoms with E-state index in [2.05, 4.69) is 82.7 Å². The van der Waals surface area contributed by atoms with E-state index < -0.39 is 0 Å². The van der Waals surface area contributed by atoms with Crippen molar-refractivity contribution in [2.45, 2.75) is 6.17 Å². The Labute approximate surface area is 144 Å². The molecule has 3 heteroatoms. The fourth-order valence-corrected chi connectivity index (χ4v) is 4.73. The number of hydrazone groups is 1. The number of fused-ring (bicyclic) bond motifs is 8. The number of anilines is 2. The van der Waals surface area contributed by atoms with E-state index in [1.165, 1.54) is 44.0 Å². The molecule has 3 aliphatic rings. The third-order valence-electron chi connectivity index (χ3n) is 5.74. The van der Waals surface area contributed by atoms with Crippen molar-refractivity contribution in [1.82, 2.24) is 0 Å². The average Bonchev–Trinajstić information content (AvgIpc) is 3.32. The first-order chi connectivity index (χ1) is 12.4. The molecule has 0 saturated heterocycles. The van der Waals surface area contributed by atoms with Gasteiger partial charge in [0.25, 0.3) is 0 Å². The van der Waals surface area contributed by atoms with Gasteiger partial charge < -0.3 is 0 Å². The van der Waals surface area contributed by atoms with Crippen LogP contribution in [0.1, 0.15) is 17.3 Å². The zero-order chi connectivity index (χ0) is 16.1. The van der Waals surface area contributed by atoms with Crippen LogP contribution in [0.4, 0.5) is 11.4 Å². The van der Waals surface area contributed by atoms with Gasteiger partial charge in [0.15, 0.2) is 12.0 Å². The van der Waals surface area contributed by atoms with E-state index in [1.807, 2.05) is 0 Å². The number of hydrogen-bond acceptors (Lipinski definition) is 3. The Hall–Kier alpha value is -3.33. The van der Waals surface area contributed by atoms with Crippen molar-refractivity contribution in [3.8, 4) is 0 Å². The molecule has 3 heterocycles. The van der Waals surface area contributed by atoms with Gasteiger partial charge in [-0.2, -0.15) is 5.10 Å². The van der Waals surface area contributed by atoms with Crippen LogP contribution in [0.15, 0.2) is 77.9 Å². The molecule has 0 amide bonds. The molecule has 3 nitrogen and oxygen atoms in total. The average molecular weight is 319 g/mol. The highest BCUT2D eigenvalue weighted by Crippen LogP contribution is 2.58. The number of hydrogen-bond donors (Lipinski definition) is 0. The molecule has 1 atom stereocenters. The Morgan fingerprint density at radius 1 is 0.720 bits per heavy atom. The van der Waals surface area contributed by atoms with Crippen LogP contribution >= 0.6 is 0 Å². The fourth-order valence-electron chi connectivity index (χ4n) is 4.73. The Kier molecular flexibility index (Phi) is 1.85. The lowest BCUT2D eigenvalue weighted by molar-refractivity contribution is 0.754. The van der Waals surface area contributed by atoms with Gasteiger partial charge in [-0.05, 0) is 22.2 Å². The van der Waals surface area contributed by atoms with Crippen molar-refractivity contribution in [2.75, 3.05) is 9.91 Å². The molecule has 4 aromatic carbocycles. The van der Waals surface area contributed by atoms with Gasteiger partial charge in [-0.25, -0.2) is 5.01 Å². The lowest BCUT2D eigenvalue weighted by atomic mass is 9.98. The van der Waals surface area contributed by atoms with Gasteiger partial charge in [0.2, 0.25) is 0 Å². The van der Waals surface area contributed by atoms with E-state index in [9.17, 15) is 0 Å². The van der Waals surface area contributed by atoms with Crippen molar-refractivity contribution < 1.29 is 0 Å². The number of rotatable bonds is 0. The number of amidine groups is 1. The van der Waals surface area contributed by atoms with Gasteiger partial charge in [-0.15, -0.1) is 0 Å². The Morgan fingerprint density at radius 2 is 1.44 bits per heavy atom. The van der Waals surface area contributed by atoms with Crippen LogP contribution in [0.5, 0.6) is 0 Å². The predicted octanol–water partition coefficient (Wildman–Crippen LogP) is 5.01. The molecule has 0 radical (unpaired) electrons. The first kappa shape index (κ1) is 12.1. The molecule has 25 heavy (non-hydrogen) atoms. The molecular weight excluding hydrogens is 306 g/mol. The van der Waals surface area contributed by atoms with E-state index in [0.29, 0.717) is 0 Å². The molecule has 4 bridgehead atoms. The zero-order valence-electron chi connectivity index (χ0n) is 13.3. The van der Waals surface area contributed by atoms with E-state index in [-0.39, 0.29) is 6.17 Å². The van der Waals surface area contributed by atoms with Crippen molar-refractivity contribution in [3.05, 3.63) is 83.9 Å². The van der Waals surface area contributed by atoms with Crippen molar-refractivity contribution in [3.63, 3.8) is 0 Å². The summed E-state index contributed by atoms with van der Waals surface area (Å²) < 4.78 is 0. The lowest BCUT2D eigenvalue weighted by Gasteiger charge is -2.22. The molecule has 1 unspecified atom stereocenters. The molecule has 0 spiro atoms. The molecular formula is C22H13N3. The van der Waals surface area contributed by atoms with Gasteiger partial charge >= 0.3 is 0 Å². The van der Waals surface area contributed by atoms with Gasteiger partial charge in [0.05, 0.1) is 11.4 Å². The third-order valence-corrected chi connectivity index (χ3v) is 5.74. The summed E-state index contributed by atoms with van der Waals surface area (Å²) in [5.74, 6) is 1.09. The second-order valence-corrected chi connectivity index (χ2v) is 6.91. The molecule has 7 rings (SSSR count). The summed E-state index contributed by atoms with van der Waals surface area (Å²) in [6, 6.07) is 26.2. The van der Waals surface area contributed by atoms with Crippen molar-refractivity contribution in [2.24, 2.45) is 5.10 Å². The molecule has 0 aliphatic carbocycles. The van der Waals surface area contributed by atoms with Crippen LogP contribution in [-0.4, -0.2) is 5.84 Å². The van der Waals surface area contributed by atoms with Crippen LogP contribution < -0.4 is 9.91 Å². The third kappa shape index (κ3) is 1.23. The van der Waals surface area contributed by atoms with Gasteiger partial charge in [-0.1, -0.05) is 66.7 Å². The van der Waals surface area contributed by atoms with Gasteiger partial charge in [0.1, 0.15) is 0 Å². The molecule has 116 valence electrons. The molecule has 3 aliphatic heterocycles.